The maximum atomic E-state index is 11.5. The lowest BCUT2D eigenvalue weighted by Gasteiger charge is -1.98. The average molecular weight is 141 g/mol. The summed E-state index contributed by atoms with van der Waals surface area (Å²) in [6.07, 6.45) is 0. The topological polar surface area (TPSA) is 29.1 Å². The lowest BCUT2D eigenvalue weighted by atomic mass is 10.3. The van der Waals surface area contributed by atoms with E-state index in [1.54, 1.807) is 12.1 Å². The molecule has 1 aromatic carbocycles. The first-order valence-corrected chi connectivity index (χ1v) is 2.79. The predicted molar refractivity (Wildman–Crippen MR) is 33.2 cm³/mol. The van der Waals surface area contributed by atoms with Gasteiger partial charge in [-0.15, -0.1) is 0 Å². The van der Waals surface area contributed by atoms with Crippen molar-refractivity contribution in [2.75, 3.05) is 6.86 Å². The molecule has 10 heavy (non-hydrogen) atoms. The molecular weight excluding hydrogens is 135 g/mol. The van der Waals surface area contributed by atoms with E-state index in [1.807, 2.05) is 0 Å². The zero-order chi connectivity index (χ0) is 7.40. The van der Waals surface area contributed by atoms with E-state index >= 15 is 0 Å². The Morgan fingerprint density at radius 1 is 1.40 bits per heavy atom. The predicted octanol–water partition coefficient (Wildman–Crippen LogP) is 2.14. The number of benzene rings is 1. The zero-order valence-electron chi connectivity index (χ0n) is 5.21. The van der Waals surface area contributed by atoms with Gasteiger partial charge in [-0.3, -0.25) is 5.11 Å². The Bertz CT molecular complexity index is 213. The molecule has 0 aliphatic carbocycles. The lowest BCUT2D eigenvalue weighted by Crippen LogP contribution is -1.88. The van der Waals surface area contributed by atoms with Gasteiger partial charge in [0, 0.05) is 0 Å². The second-order valence-corrected chi connectivity index (χ2v) is 1.70. The van der Waals surface area contributed by atoms with E-state index in [1.165, 1.54) is 12.1 Å². The fraction of sp³-hybridized carbons (Fsp3) is 0.143. The van der Waals surface area contributed by atoms with Crippen molar-refractivity contribution in [3.8, 4) is 11.5 Å². The van der Waals surface area contributed by atoms with Crippen molar-refractivity contribution < 1.29 is 14.2 Å². The molecule has 0 amide bonds. The summed E-state index contributed by atoms with van der Waals surface area (Å²) in [7, 11) is 0. The van der Waals surface area contributed by atoms with E-state index in [4.69, 9.17) is 0 Å². The van der Waals surface area contributed by atoms with Gasteiger partial charge in [-0.2, -0.15) is 0 Å². The molecule has 53 valence electrons. The lowest BCUT2D eigenvalue weighted by molar-refractivity contribution is 0.180. The maximum Gasteiger partial charge on any atom is 0.228 e. The third kappa shape index (κ3) is 1.37. The molecule has 1 radical (unpaired) electrons. The normalized spacial score (nSPS) is 9.30. The number of halogens is 1. The van der Waals surface area contributed by atoms with Crippen LogP contribution in [0.3, 0.4) is 0 Å². The molecule has 3 heteroatoms. The summed E-state index contributed by atoms with van der Waals surface area (Å²) >= 11 is 0. The highest BCUT2D eigenvalue weighted by Gasteiger charge is 1.99. The number of para-hydroxylation sites is 2. The van der Waals surface area contributed by atoms with E-state index in [2.05, 4.69) is 4.74 Å². The summed E-state index contributed by atoms with van der Waals surface area (Å²) in [6, 6.07) is 5.95. The van der Waals surface area contributed by atoms with Crippen molar-refractivity contribution in [1.82, 2.24) is 0 Å². The van der Waals surface area contributed by atoms with E-state index in [0.717, 1.165) is 0 Å². The van der Waals surface area contributed by atoms with E-state index in [-0.39, 0.29) is 11.5 Å². The van der Waals surface area contributed by atoms with Gasteiger partial charge in [0.15, 0.2) is 5.75 Å². The van der Waals surface area contributed by atoms with E-state index < -0.39 is 6.86 Å². The molecule has 0 unspecified atom stereocenters. The van der Waals surface area contributed by atoms with Gasteiger partial charge in [0.25, 0.3) is 0 Å². The number of hydrogen-bond donors (Lipinski definition) is 0. The fourth-order valence-electron chi connectivity index (χ4n) is 0.628. The molecule has 0 bridgehead atoms. The highest BCUT2D eigenvalue weighted by molar-refractivity contribution is 5.37. The Kier molecular flexibility index (Phi) is 2.10. The molecular formula is C7H6FO2. The monoisotopic (exact) mass is 141 g/mol. The summed E-state index contributed by atoms with van der Waals surface area (Å²) < 4.78 is 15.9. The average Bonchev–Trinajstić information content (AvgIpc) is 1.94. The Balaban J connectivity index is 2.81. The van der Waals surface area contributed by atoms with Crippen molar-refractivity contribution >= 4 is 0 Å². The second kappa shape index (κ2) is 3.06. The first kappa shape index (κ1) is 6.86. The zero-order valence-corrected chi connectivity index (χ0v) is 5.21. The minimum atomic E-state index is -0.959. The molecule has 0 aromatic heterocycles. The van der Waals surface area contributed by atoms with Gasteiger partial charge in [0.05, 0.1) is 0 Å². The minimum Gasteiger partial charge on any atom is -0.459 e. The minimum absolute atomic E-state index is 0.0602. The smallest absolute Gasteiger partial charge is 0.228 e. The molecule has 0 fully saturated rings. The molecule has 2 nitrogen and oxygen atoms in total. The SMILES string of the molecule is [O]c1ccccc1OCF. The van der Waals surface area contributed by atoms with Gasteiger partial charge < -0.3 is 4.74 Å². The third-order valence-corrected chi connectivity index (χ3v) is 1.06. The third-order valence-electron chi connectivity index (χ3n) is 1.06. The van der Waals surface area contributed by atoms with Crippen LogP contribution in [-0.2, 0) is 5.11 Å². The van der Waals surface area contributed by atoms with Crippen LogP contribution in [0.4, 0.5) is 4.39 Å². The highest BCUT2D eigenvalue weighted by atomic mass is 19.1. The van der Waals surface area contributed by atoms with Gasteiger partial charge in [-0.05, 0) is 12.1 Å². The van der Waals surface area contributed by atoms with Crippen molar-refractivity contribution in [2.45, 2.75) is 0 Å². The first-order valence-electron chi connectivity index (χ1n) is 2.79. The van der Waals surface area contributed by atoms with E-state index in [0.29, 0.717) is 0 Å². The molecule has 0 saturated heterocycles. The molecule has 0 aliphatic heterocycles. The second-order valence-electron chi connectivity index (χ2n) is 1.70. The molecule has 0 atom stereocenters. The molecule has 0 aliphatic rings. The van der Waals surface area contributed by atoms with Crippen LogP contribution in [0.5, 0.6) is 11.5 Å². The van der Waals surface area contributed by atoms with Crippen molar-refractivity contribution in [3.05, 3.63) is 24.3 Å². The Morgan fingerprint density at radius 2 is 2.10 bits per heavy atom. The van der Waals surface area contributed by atoms with Gasteiger partial charge >= 0.3 is 0 Å². The van der Waals surface area contributed by atoms with Crippen LogP contribution in [0.2, 0.25) is 0 Å². The van der Waals surface area contributed by atoms with Crippen LogP contribution in [0, 0.1) is 0 Å². The summed E-state index contributed by atoms with van der Waals surface area (Å²) in [5.41, 5.74) is 0. The standard InChI is InChI=1S/C7H6FO2/c8-5-10-7-4-2-1-3-6(7)9/h1-4H,5H2. The van der Waals surface area contributed by atoms with Crippen LogP contribution >= 0.6 is 0 Å². The van der Waals surface area contributed by atoms with Gasteiger partial charge in [0.2, 0.25) is 12.6 Å². The Morgan fingerprint density at radius 3 is 2.70 bits per heavy atom. The molecule has 0 saturated carbocycles. The number of rotatable bonds is 2. The van der Waals surface area contributed by atoms with Crippen LogP contribution < -0.4 is 4.74 Å². The van der Waals surface area contributed by atoms with Crippen LogP contribution in [-0.4, -0.2) is 6.86 Å². The summed E-state index contributed by atoms with van der Waals surface area (Å²) in [5, 5.41) is 10.7. The Hall–Kier alpha value is -1.25. The van der Waals surface area contributed by atoms with Gasteiger partial charge in [-0.25, -0.2) is 4.39 Å². The number of alkyl halides is 1. The largest absolute Gasteiger partial charge is 0.459 e. The quantitative estimate of drug-likeness (QED) is 0.620. The van der Waals surface area contributed by atoms with Crippen LogP contribution in [0.25, 0.3) is 0 Å². The number of ether oxygens (including phenoxy) is 1. The maximum absolute atomic E-state index is 11.5. The highest BCUT2D eigenvalue weighted by Crippen LogP contribution is 2.24. The number of hydrogen-bond acceptors (Lipinski definition) is 1. The van der Waals surface area contributed by atoms with Crippen LogP contribution in [0.1, 0.15) is 0 Å². The Labute approximate surface area is 57.9 Å². The molecule has 1 rings (SSSR count). The summed E-state index contributed by atoms with van der Waals surface area (Å²) in [4.78, 5) is 0. The molecule has 0 N–H and O–H groups in total. The fourth-order valence-corrected chi connectivity index (χ4v) is 0.628. The molecule has 0 spiro atoms. The molecule has 0 heterocycles. The first-order chi connectivity index (χ1) is 4.84. The summed E-state index contributed by atoms with van der Waals surface area (Å²) in [6.45, 7) is -0.959. The van der Waals surface area contributed by atoms with Crippen LogP contribution in [0.15, 0.2) is 24.3 Å². The molecule has 1 aromatic rings. The van der Waals surface area contributed by atoms with Crippen molar-refractivity contribution in [1.29, 1.82) is 0 Å². The van der Waals surface area contributed by atoms with Gasteiger partial charge in [-0.1, -0.05) is 12.1 Å². The van der Waals surface area contributed by atoms with Gasteiger partial charge in [0.1, 0.15) is 0 Å². The summed E-state index contributed by atoms with van der Waals surface area (Å²) in [5.74, 6) is -0.231. The van der Waals surface area contributed by atoms with Crippen molar-refractivity contribution in [3.63, 3.8) is 0 Å². The van der Waals surface area contributed by atoms with Crippen molar-refractivity contribution in [2.24, 2.45) is 0 Å². The van der Waals surface area contributed by atoms with E-state index in [9.17, 15) is 9.50 Å².